The highest BCUT2D eigenvalue weighted by Gasteiger charge is 2.16. The first-order chi connectivity index (χ1) is 13.6. The third kappa shape index (κ3) is 3.81. The van der Waals surface area contributed by atoms with E-state index in [-0.39, 0.29) is 17.6 Å². The molecule has 2 heterocycles. The second-order valence-corrected chi connectivity index (χ2v) is 7.00. The van der Waals surface area contributed by atoms with Gasteiger partial charge in [-0.2, -0.15) is 9.78 Å². The van der Waals surface area contributed by atoms with Crippen molar-refractivity contribution in [3.05, 3.63) is 71.9 Å². The molecule has 0 saturated heterocycles. The largest absolute Gasteiger partial charge is 0.309 e. The molecule has 140 valence electrons. The SMILES string of the molecule is O=C(CCl)Nc1cc(-c2ccc(F)cc2)nn1-c1nc(-c2ccccc2)cs1. The summed E-state index contributed by atoms with van der Waals surface area (Å²) in [6.07, 6.45) is 0. The molecule has 2 aromatic heterocycles. The van der Waals surface area contributed by atoms with Gasteiger partial charge in [-0.25, -0.2) is 9.37 Å². The van der Waals surface area contributed by atoms with E-state index in [0.29, 0.717) is 16.6 Å². The zero-order valence-corrected chi connectivity index (χ0v) is 16.0. The van der Waals surface area contributed by atoms with Crippen LogP contribution >= 0.6 is 22.9 Å². The van der Waals surface area contributed by atoms with Crippen molar-refractivity contribution in [2.24, 2.45) is 0 Å². The monoisotopic (exact) mass is 412 g/mol. The topological polar surface area (TPSA) is 59.8 Å². The summed E-state index contributed by atoms with van der Waals surface area (Å²) in [4.78, 5) is 16.5. The van der Waals surface area contributed by atoms with Crippen LogP contribution in [-0.4, -0.2) is 26.6 Å². The van der Waals surface area contributed by atoms with Gasteiger partial charge >= 0.3 is 0 Å². The van der Waals surface area contributed by atoms with Crippen LogP contribution in [0.3, 0.4) is 0 Å². The second kappa shape index (κ2) is 7.92. The lowest BCUT2D eigenvalue weighted by Gasteiger charge is -2.04. The third-order valence-corrected chi connectivity index (χ3v) is 5.04. The molecule has 4 rings (SSSR count). The predicted molar refractivity (Wildman–Crippen MR) is 109 cm³/mol. The molecule has 2 aromatic carbocycles. The van der Waals surface area contributed by atoms with Crippen molar-refractivity contribution >= 4 is 34.7 Å². The van der Waals surface area contributed by atoms with Gasteiger partial charge in [0.1, 0.15) is 17.5 Å². The zero-order chi connectivity index (χ0) is 19.5. The number of anilines is 1. The molecular formula is C20H14ClFN4OS. The van der Waals surface area contributed by atoms with Crippen LogP contribution in [0.15, 0.2) is 66.0 Å². The number of aromatic nitrogens is 3. The van der Waals surface area contributed by atoms with Crippen molar-refractivity contribution in [1.29, 1.82) is 0 Å². The molecule has 5 nitrogen and oxygen atoms in total. The van der Waals surface area contributed by atoms with Gasteiger partial charge in [-0.3, -0.25) is 4.79 Å². The Morgan fingerprint density at radius 3 is 2.50 bits per heavy atom. The van der Waals surface area contributed by atoms with E-state index in [4.69, 9.17) is 11.6 Å². The molecule has 0 radical (unpaired) electrons. The maximum Gasteiger partial charge on any atom is 0.240 e. The minimum absolute atomic E-state index is 0.176. The smallest absolute Gasteiger partial charge is 0.240 e. The molecule has 0 atom stereocenters. The normalized spacial score (nSPS) is 10.8. The molecule has 0 fully saturated rings. The Morgan fingerprint density at radius 1 is 1.07 bits per heavy atom. The molecule has 0 aliphatic carbocycles. The molecule has 8 heteroatoms. The molecule has 28 heavy (non-hydrogen) atoms. The zero-order valence-electron chi connectivity index (χ0n) is 14.5. The van der Waals surface area contributed by atoms with Crippen molar-refractivity contribution in [2.75, 3.05) is 11.2 Å². The van der Waals surface area contributed by atoms with Gasteiger partial charge in [0.25, 0.3) is 0 Å². The first-order valence-corrected chi connectivity index (χ1v) is 9.78. The lowest BCUT2D eigenvalue weighted by Crippen LogP contribution is -2.15. The fraction of sp³-hybridized carbons (Fsp3) is 0.0500. The molecule has 0 aliphatic rings. The van der Waals surface area contributed by atoms with Gasteiger partial charge in [-0.1, -0.05) is 30.3 Å². The number of alkyl halides is 1. The Labute approximate surface area is 169 Å². The van der Waals surface area contributed by atoms with E-state index in [1.165, 1.54) is 23.5 Å². The second-order valence-electron chi connectivity index (χ2n) is 5.90. The van der Waals surface area contributed by atoms with E-state index in [1.54, 1.807) is 22.9 Å². The standard InChI is InChI=1S/C20H14ClFN4OS/c21-11-19(27)24-18-10-16(14-6-8-15(22)9-7-14)25-26(18)20-23-17(12-28-20)13-4-2-1-3-5-13/h1-10,12H,11H2,(H,24,27). The third-order valence-electron chi connectivity index (χ3n) is 3.98. The lowest BCUT2D eigenvalue weighted by atomic mass is 10.1. The van der Waals surface area contributed by atoms with Crippen LogP contribution in [0, 0.1) is 5.82 Å². The first-order valence-electron chi connectivity index (χ1n) is 8.37. The quantitative estimate of drug-likeness (QED) is 0.470. The van der Waals surface area contributed by atoms with Crippen molar-refractivity contribution in [3.63, 3.8) is 0 Å². The number of rotatable bonds is 5. The van der Waals surface area contributed by atoms with Gasteiger partial charge in [0.15, 0.2) is 0 Å². The van der Waals surface area contributed by atoms with Gasteiger partial charge < -0.3 is 5.32 Å². The summed E-state index contributed by atoms with van der Waals surface area (Å²) in [6.45, 7) is 0. The summed E-state index contributed by atoms with van der Waals surface area (Å²) in [5.74, 6) is -0.414. The summed E-state index contributed by atoms with van der Waals surface area (Å²) >= 11 is 7.03. The van der Waals surface area contributed by atoms with Gasteiger partial charge in [0.05, 0.1) is 11.4 Å². The van der Waals surface area contributed by atoms with Crippen LogP contribution in [0.25, 0.3) is 27.6 Å². The highest BCUT2D eigenvalue weighted by Crippen LogP contribution is 2.29. The Morgan fingerprint density at radius 2 is 1.79 bits per heavy atom. The van der Waals surface area contributed by atoms with E-state index in [9.17, 15) is 9.18 Å². The van der Waals surface area contributed by atoms with Crippen LogP contribution in [0.4, 0.5) is 10.2 Å². The van der Waals surface area contributed by atoms with Crippen molar-refractivity contribution in [3.8, 4) is 27.6 Å². The fourth-order valence-corrected chi connectivity index (χ4v) is 3.52. The molecule has 0 bridgehead atoms. The van der Waals surface area contributed by atoms with Gasteiger partial charge in [0, 0.05) is 22.6 Å². The fourth-order valence-electron chi connectivity index (χ4n) is 2.66. The summed E-state index contributed by atoms with van der Waals surface area (Å²) in [5.41, 5.74) is 3.11. The number of benzene rings is 2. The van der Waals surface area contributed by atoms with E-state index in [0.717, 1.165) is 16.8 Å². The average Bonchev–Trinajstić information content (AvgIpc) is 3.36. The maximum absolute atomic E-state index is 13.2. The number of halogens is 2. The minimum atomic E-state index is -0.353. The number of hydrogen-bond donors (Lipinski definition) is 1. The molecule has 0 unspecified atom stereocenters. The molecule has 0 spiro atoms. The Hall–Kier alpha value is -3.03. The Kier molecular flexibility index (Phi) is 5.18. The molecule has 4 aromatic rings. The highest BCUT2D eigenvalue weighted by atomic mass is 35.5. The maximum atomic E-state index is 13.2. The van der Waals surface area contributed by atoms with Crippen molar-refractivity contribution in [1.82, 2.24) is 14.8 Å². The number of nitrogens with zero attached hydrogens (tertiary/aromatic N) is 3. The van der Waals surface area contributed by atoms with Crippen LogP contribution < -0.4 is 5.32 Å². The minimum Gasteiger partial charge on any atom is -0.309 e. The van der Waals surface area contributed by atoms with Crippen LogP contribution in [0.5, 0.6) is 0 Å². The Bertz CT molecular complexity index is 1110. The van der Waals surface area contributed by atoms with Crippen LogP contribution in [0.2, 0.25) is 0 Å². The van der Waals surface area contributed by atoms with Crippen molar-refractivity contribution < 1.29 is 9.18 Å². The van der Waals surface area contributed by atoms with E-state index >= 15 is 0 Å². The molecule has 1 amide bonds. The Balaban J connectivity index is 1.75. The number of thiazole rings is 1. The number of nitrogens with one attached hydrogen (secondary N) is 1. The molecular weight excluding hydrogens is 399 g/mol. The summed E-state index contributed by atoms with van der Waals surface area (Å²) in [7, 11) is 0. The number of amides is 1. The number of carbonyl (C=O) groups excluding carboxylic acids is 1. The summed E-state index contributed by atoms with van der Waals surface area (Å²) in [6, 6.07) is 17.5. The average molecular weight is 413 g/mol. The molecule has 0 saturated carbocycles. The van der Waals surface area contributed by atoms with Crippen LogP contribution in [0.1, 0.15) is 0 Å². The van der Waals surface area contributed by atoms with Crippen LogP contribution in [-0.2, 0) is 4.79 Å². The highest BCUT2D eigenvalue weighted by molar-refractivity contribution is 7.12. The van der Waals surface area contributed by atoms with Gasteiger partial charge in [-0.05, 0) is 24.3 Å². The van der Waals surface area contributed by atoms with E-state index in [1.807, 2.05) is 35.7 Å². The lowest BCUT2D eigenvalue weighted by molar-refractivity contribution is -0.114. The molecule has 0 aliphatic heterocycles. The summed E-state index contributed by atoms with van der Waals surface area (Å²) in [5, 5.41) is 9.81. The van der Waals surface area contributed by atoms with Crippen molar-refractivity contribution in [2.45, 2.75) is 0 Å². The first kappa shape index (κ1) is 18.3. The summed E-state index contributed by atoms with van der Waals surface area (Å²) < 4.78 is 14.8. The van der Waals surface area contributed by atoms with Gasteiger partial charge in [0.2, 0.25) is 11.0 Å². The predicted octanol–water partition coefficient (Wildman–Crippen LogP) is 4.98. The number of carbonyl (C=O) groups is 1. The van der Waals surface area contributed by atoms with E-state index < -0.39 is 0 Å². The number of hydrogen-bond acceptors (Lipinski definition) is 4. The van der Waals surface area contributed by atoms with Gasteiger partial charge in [-0.15, -0.1) is 22.9 Å². The van der Waals surface area contributed by atoms with E-state index in [2.05, 4.69) is 15.4 Å². The molecule has 1 N–H and O–H groups in total.